The molecule has 0 aliphatic carbocycles. The van der Waals surface area contributed by atoms with Gasteiger partial charge in [0.1, 0.15) is 11.6 Å². The fourth-order valence-corrected chi connectivity index (χ4v) is 4.63. The van der Waals surface area contributed by atoms with E-state index in [9.17, 15) is 9.18 Å². The number of methoxy groups -OCH3 is 1. The number of hydrogen-bond acceptors (Lipinski definition) is 5. The van der Waals surface area contributed by atoms with Crippen LogP contribution < -0.4 is 15.4 Å². The van der Waals surface area contributed by atoms with Gasteiger partial charge in [-0.3, -0.25) is 25.4 Å². The molecule has 0 saturated carbocycles. The number of amides is 1. The summed E-state index contributed by atoms with van der Waals surface area (Å²) >= 11 is 3.46. The standard InChI is InChI=1S/C29H35BrFN5O2/c1-3-36(20-21-13-16-33-17-14-21)18-5-4-15-34-29(32)35-28(37)25-7-6-8-26(31)24(25)11-9-22-19-23(30)10-12-27(22)38-2/h6-8,10,12-14,16-17,19H,3-5,9,11,15,18,20H2,1-2H3,(H3,32,34,35,37). The third-order valence-corrected chi connectivity index (χ3v) is 6.79. The van der Waals surface area contributed by atoms with Crippen molar-refractivity contribution < 1.29 is 13.9 Å². The second kappa shape index (κ2) is 15.2. The molecule has 1 amide bonds. The SMILES string of the molecule is CCN(CCCCNC(=N)NC(=O)c1cccc(F)c1CCc1cc(Br)ccc1OC)Cc1ccncc1. The number of unbranched alkanes of at least 4 members (excludes halogenated alkanes) is 1. The van der Waals surface area contributed by atoms with Gasteiger partial charge in [0, 0.05) is 41.1 Å². The van der Waals surface area contributed by atoms with Gasteiger partial charge in [0.05, 0.1) is 7.11 Å². The highest BCUT2D eigenvalue weighted by Crippen LogP contribution is 2.25. The van der Waals surface area contributed by atoms with Crippen molar-refractivity contribution in [1.29, 1.82) is 5.41 Å². The van der Waals surface area contributed by atoms with Crippen molar-refractivity contribution in [2.24, 2.45) is 0 Å². The summed E-state index contributed by atoms with van der Waals surface area (Å²) in [6.07, 6.45) is 6.23. The fourth-order valence-electron chi connectivity index (χ4n) is 4.22. The summed E-state index contributed by atoms with van der Waals surface area (Å²) in [5, 5.41) is 13.6. The molecule has 9 heteroatoms. The van der Waals surface area contributed by atoms with E-state index in [1.54, 1.807) is 25.6 Å². The molecule has 0 atom stereocenters. The number of aryl methyl sites for hydroxylation is 1. The minimum Gasteiger partial charge on any atom is -0.496 e. The Morgan fingerprint density at radius 2 is 1.92 bits per heavy atom. The summed E-state index contributed by atoms with van der Waals surface area (Å²) in [7, 11) is 1.59. The molecule has 2 aromatic carbocycles. The van der Waals surface area contributed by atoms with Crippen molar-refractivity contribution in [3.63, 3.8) is 0 Å². The first-order valence-corrected chi connectivity index (χ1v) is 13.5. The molecule has 0 saturated heterocycles. The minimum atomic E-state index is -0.507. The van der Waals surface area contributed by atoms with Crippen LogP contribution in [0.1, 0.15) is 46.8 Å². The molecule has 0 unspecified atom stereocenters. The largest absolute Gasteiger partial charge is 0.496 e. The molecule has 1 aromatic heterocycles. The maximum absolute atomic E-state index is 14.7. The molecule has 0 fully saturated rings. The number of hydrogen-bond donors (Lipinski definition) is 3. The maximum Gasteiger partial charge on any atom is 0.258 e. The Kier molecular flexibility index (Phi) is 11.7. The Labute approximate surface area is 232 Å². The summed E-state index contributed by atoms with van der Waals surface area (Å²) in [5.41, 5.74) is 2.68. The van der Waals surface area contributed by atoms with Crippen molar-refractivity contribution in [2.45, 2.75) is 39.2 Å². The van der Waals surface area contributed by atoms with Crippen LogP contribution in [-0.2, 0) is 19.4 Å². The number of carbonyl (C=O) groups excluding carboxylic acids is 1. The van der Waals surface area contributed by atoms with Crippen molar-refractivity contribution in [1.82, 2.24) is 20.5 Å². The molecule has 3 aromatic rings. The second-order valence-electron chi connectivity index (χ2n) is 8.91. The van der Waals surface area contributed by atoms with Gasteiger partial charge in [-0.2, -0.15) is 0 Å². The van der Waals surface area contributed by atoms with Crippen molar-refractivity contribution in [3.8, 4) is 5.75 Å². The third-order valence-electron chi connectivity index (χ3n) is 6.29. The maximum atomic E-state index is 14.7. The van der Waals surface area contributed by atoms with Crippen molar-refractivity contribution in [2.75, 3.05) is 26.7 Å². The van der Waals surface area contributed by atoms with E-state index in [-0.39, 0.29) is 11.5 Å². The Hall–Kier alpha value is -3.30. The van der Waals surface area contributed by atoms with Gasteiger partial charge in [0.2, 0.25) is 0 Å². The minimum absolute atomic E-state index is 0.0944. The number of ether oxygens (including phenoxy) is 1. The predicted molar refractivity (Wildman–Crippen MR) is 152 cm³/mol. The van der Waals surface area contributed by atoms with Gasteiger partial charge in [-0.25, -0.2) is 4.39 Å². The third kappa shape index (κ3) is 8.92. The van der Waals surface area contributed by atoms with Crippen LogP contribution in [0.3, 0.4) is 0 Å². The number of pyridine rings is 1. The summed E-state index contributed by atoms with van der Waals surface area (Å²) in [6.45, 7) is 5.47. The van der Waals surface area contributed by atoms with Crippen LogP contribution in [0.2, 0.25) is 0 Å². The second-order valence-corrected chi connectivity index (χ2v) is 9.83. The van der Waals surface area contributed by atoms with E-state index in [1.165, 1.54) is 17.7 Å². The zero-order valence-corrected chi connectivity index (χ0v) is 23.5. The Morgan fingerprint density at radius 1 is 1.13 bits per heavy atom. The molecule has 202 valence electrons. The molecule has 0 radical (unpaired) electrons. The van der Waals surface area contributed by atoms with Gasteiger partial charge in [0.25, 0.3) is 5.91 Å². The molecule has 3 rings (SSSR count). The van der Waals surface area contributed by atoms with Crippen molar-refractivity contribution >= 4 is 27.8 Å². The summed E-state index contributed by atoms with van der Waals surface area (Å²) in [5.74, 6) is -0.338. The molecular weight excluding hydrogens is 549 g/mol. The lowest BCUT2D eigenvalue weighted by Gasteiger charge is -2.20. The first-order chi connectivity index (χ1) is 18.4. The van der Waals surface area contributed by atoms with Gasteiger partial charge in [0.15, 0.2) is 5.96 Å². The molecule has 1 heterocycles. The van der Waals surface area contributed by atoms with Crippen LogP contribution in [0.4, 0.5) is 4.39 Å². The highest BCUT2D eigenvalue weighted by molar-refractivity contribution is 9.10. The first kappa shape index (κ1) is 29.3. The molecule has 38 heavy (non-hydrogen) atoms. The topological polar surface area (TPSA) is 90.3 Å². The smallest absolute Gasteiger partial charge is 0.258 e. The predicted octanol–water partition coefficient (Wildman–Crippen LogP) is 5.33. The number of carbonyl (C=O) groups is 1. The summed E-state index contributed by atoms with van der Waals surface area (Å²) in [4.78, 5) is 19.3. The Bertz CT molecular complexity index is 1210. The molecule has 0 spiro atoms. The van der Waals surface area contributed by atoms with Crippen LogP contribution in [-0.4, -0.2) is 48.5 Å². The Morgan fingerprint density at radius 3 is 2.66 bits per heavy atom. The molecule has 0 aliphatic rings. The lowest BCUT2D eigenvalue weighted by molar-refractivity contribution is 0.0974. The van der Waals surface area contributed by atoms with Crippen LogP contribution >= 0.6 is 15.9 Å². The number of rotatable bonds is 13. The number of aromatic nitrogens is 1. The average Bonchev–Trinajstić information content (AvgIpc) is 2.92. The quantitative estimate of drug-likeness (QED) is 0.144. The van der Waals surface area contributed by atoms with E-state index in [0.717, 1.165) is 42.5 Å². The monoisotopic (exact) mass is 583 g/mol. The molecule has 3 N–H and O–H groups in total. The van der Waals surface area contributed by atoms with Crippen LogP contribution in [0.15, 0.2) is 65.4 Å². The van der Waals surface area contributed by atoms with Gasteiger partial charge in [-0.1, -0.05) is 28.9 Å². The molecule has 0 bridgehead atoms. The normalized spacial score (nSPS) is 10.9. The number of nitrogens with zero attached hydrogens (tertiary/aromatic N) is 2. The van der Waals surface area contributed by atoms with E-state index in [4.69, 9.17) is 10.1 Å². The number of benzene rings is 2. The lowest BCUT2D eigenvalue weighted by Crippen LogP contribution is -2.41. The van der Waals surface area contributed by atoms with Gasteiger partial charge in [-0.05, 0) is 92.4 Å². The Balaban J connectivity index is 1.47. The zero-order chi connectivity index (χ0) is 27.3. The highest BCUT2D eigenvalue weighted by Gasteiger charge is 2.17. The number of halogens is 2. The summed E-state index contributed by atoms with van der Waals surface area (Å²) in [6, 6.07) is 14.1. The number of guanidine groups is 1. The number of nitrogens with one attached hydrogen (secondary N) is 3. The average molecular weight is 585 g/mol. The van der Waals surface area contributed by atoms with E-state index >= 15 is 0 Å². The fraction of sp³-hybridized carbons (Fsp3) is 0.345. The lowest BCUT2D eigenvalue weighted by atomic mass is 9.98. The summed E-state index contributed by atoms with van der Waals surface area (Å²) < 4.78 is 21.0. The molecule has 0 aliphatic heterocycles. The molecular formula is C29H35BrFN5O2. The highest BCUT2D eigenvalue weighted by atomic mass is 79.9. The van der Waals surface area contributed by atoms with Crippen LogP contribution in [0.25, 0.3) is 0 Å². The van der Waals surface area contributed by atoms with E-state index in [1.807, 2.05) is 30.3 Å². The van der Waals surface area contributed by atoms with Crippen molar-refractivity contribution in [3.05, 3.63) is 93.5 Å². The van der Waals surface area contributed by atoms with Gasteiger partial charge in [-0.15, -0.1) is 0 Å². The van der Waals surface area contributed by atoms with Crippen LogP contribution in [0, 0.1) is 11.2 Å². The van der Waals surface area contributed by atoms with Gasteiger partial charge >= 0.3 is 0 Å². The van der Waals surface area contributed by atoms with Crippen LogP contribution in [0.5, 0.6) is 5.75 Å². The van der Waals surface area contributed by atoms with E-state index < -0.39 is 11.7 Å². The molecule has 7 nitrogen and oxygen atoms in total. The zero-order valence-electron chi connectivity index (χ0n) is 21.9. The van der Waals surface area contributed by atoms with E-state index in [2.05, 4.69) is 43.4 Å². The van der Waals surface area contributed by atoms with Gasteiger partial charge < -0.3 is 10.1 Å². The first-order valence-electron chi connectivity index (χ1n) is 12.8. The van der Waals surface area contributed by atoms with E-state index in [0.29, 0.717) is 30.7 Å².